The normalized spacial score (nSPS) is 19.3. The lowest BCUT2D eigenvalue weighted by Gasteiger charge is -2.25. The Balaban J connectivity index is 2.13. The molecule has 0 saturated carbocycles. The van der Waals surface area contributed by atoms with Gasteiger partial charge in [0.15, 0.2) is 0 Å². The first kappa shape index (κ1) is 17.8. The highest BCUT2D eigenvalue weighted by atomic mass is 35.5. The summed E-state index contributed by atoms with van der Waals surface area (Å²) in [4.78, 5) is 29.8. The third kappa shape index (κ3) is 4.94. The number of amides is 2. The summed E-state index contributed by atoms with van der Waals surface area (Å²) in [6.07, 6.45) is 0. The standard InChI is InChI=1S/C17H24ClN3O2/c1-13(22)21-8-7-20(10-14-5-4-6-16(18)9-14)11-15(12-21)17(23)19(2)3/h4-6,9,15H,7-8,10-12H2,1-3H3/t15-/m0/s1. The summed E-state index contributed by atoms with van der Waals surface area (Å²) >= 11 is 6.05. The highest BCUT2D eigenvalue weighted by molar-refractivity contribution is 6.30. The molecule has 5 nitrogen and oxygen atoms in total. The highest BCUT2D eigenvalue weighted by Crippen LogP contribution is 2.17. The molecule has 1 atom stereocenters. The Labute approximate surface area is 142 Å². The van der Waals surface area contributed by atoms with E-state index in [-0.39, 0.29) is 17.7 Å². The summed E-state index contributed by atoms with van der Waals surface area (Å²) in [6.45, 7) is 4.81. The van der Waals surface area contributed by atoms with Crippen molar-refractivity contribution < 1.29 is 9.59 Å². The van der Waals surface area contributed by atoms with Crippen LogP contribution in [0, 0.1) is 5.92 Å². The quantitative estimate of drug-likeness (QED) is 0.843. The Hall–Kier alpha value is -1.59. The summed E-state index contributed by atoms with van der Waals surface area (Å²) in [6, 6.07) is 7.75. The van der Waals surface area contributed by atoms with Crippen LogP contribution in [-0.2, 0) is 16.1 Å². The maximum absolute atomic E-state index is 12.4. The van der Waals surface area contributed by atoms with Gasteiger partial charge in [-0.3, -0.25) is 14.5 Å². The van der Waals surface area contributed by atoms with E-state index < -0.39 is 0 Å². The van der Waals surface area contributed by atoms with Gasteiger partial charge in [0.05, 0.1) is 5.92 Å². The summed E-state index contributed by atoms with van der Waals surface area (Å²) in [5.41, 5.74) is 1.12. The van der Waals surface area contributed by atoms with Crippen LogP contribution in [0.2, 0.25) is 5.02 Å². The maximum Gasteiger partial charge on any atom is 0.228 e. The molecular formula is C17H24ClN3O2. The lowest BCUT2D eigenvalue weighted by atomic mass is 10.1. The zero-order chi connectivity index (χ0) is 17.0. The molecule has 1 fully saturated rings. The zero-order valence-electron chi connectivity index (χ0n) is 14.0. The smallest absolute Gasteiger partial charge is 0.228 e. The Bertz CT molecular complexity index is 577. The first-order valence-electron chi connectivity index (χ1n) is 7.80. The van der Waals surface area contributed by atoms with Crippen molar-refractivity contribution in [3.63, 3.8) is 0 Å². The van der Waals surface area contributed by atoms with Crippen LogP contribution in [0.15, 0.2) is 24.3 Å². The fourth-order valence-corrected chi connectivity index (χ4v) is 3.14. The van der Waals surface area contributed by atoms with Gasteiger partial charge < -0.3 is 9.80 Å². The molecule has 1 heterocycles. The maximum atomic E-state index is 12.4. The van der Waals surface area contributed by atoms with E-state index in [1.807, 2.05) is 24.3 Å². The molecule has 23 heavy (non-hydrogen) atoms. The van der Waals surface area contributed by atoms with Crippen molar-refractivity contribution in [3.8, 4) is 0 Å². The van der Waals surface area contributed by atoms with Crippen molar-refractivity contribution in [2.24, 2.45) is 5.92 Å². The van der Waals surface area contributed by atoms with E-state index >= 15 is 0 Å². The molecule has 0 unspecified atom stereocenters. The number of carbonyl (C=O) groups is 2. The van der Waals surface area contributed by atoms with Crippen molar-refractivity contribution in [3.05, 3.63) is 34.9 Å². The molecule has 0 aromatic heterocycles. The highest BCUT2D eigenvalue weighted by Gasteiger charge is 2.29. The van der Waals surface area contributed by atoms with Crippen LogP contribution in [0.25, 0.3) is 0 Å². The fraction of sp³-hybridized carbons (Fsp3) is 0.529. The molecule has 0 spiro atoms. The molecule has 6 heteroatoms. The Morgan fingerprint density at radius 2 is 2.00 bits per heavy atom. The van der Waals surface area contributed by atoms with Crippen LogP contribution in [0.4, 0.5) is 0 Å². The average Bonchev–Trinajstić information content (AvgIpc) is 2.69. The number of halogens is 1. The molecule has 1 aromatic carbocycles. The summed E-state index contributed by atoms with van der Waals surface area (Å²) in [5, 5.41) is 0.712. The minimum Gasteiger partial charge on any atom is -0.348 e. The molecule has 1 aliphatic heterocycles. The lowest BCUT2D eigenvalue weighted by Crippen LogP contribution is -2.41. The van der Waals surface area contributed by atoms with Gasteiger partial charge in [-0.2, -0.15) is 0 Å². The largest absolute Gasteiger partial charge is 0.348 e. The molecule has 0 N–H and O–H groups in total. The van der Waals surface area contributed by atoms with Crippen molar-refractivity contribution in [1.82, 2.24) is 14.7 Å². The monoisotopic (exact) mass is 337 g/mol. The Kier molecular flexibility index (Phi) is 6.02. The van der Waals surface area contributed by atoms with Crippen LogP contribution >= 0.6 is 11.6 Å². The van der Waals surface area contributed by atoms with Crippen molar-refractivity contribution >= 4 is 23.4 Å². The van der Waals surface area contributed by atoms with E-state index in [1.54, 1.807) is 30.8 Å². The Morgan fingerprint density at radius 1 is 1.26 bits per heavy atom. The summed E-state index contributed by atoms with van der Waals surface area (Å²) in [5.74, 6) is -0.115. The van der Waals surface area contributed by atoms with Crippen LogP contribution < -0.4 is 0 Å². The van der Waals surface area contributed by atoms with Gasteiger partial charge in [-0.05, 0) is 17.7 Å². The molecular weight excluding hydrogens is 314 g/mol. The molecule has 126 valence electrons. The SMILES string of the molecule is CC(=O)N1CCN(Cc2cccc(Cl)c2)C[C@H](C(=O)N(C)C)C1. The third-order valence-corrected chi connectivity index (χ3v) is 4.37. The molecule has 2 amide bonds. The molecule has 0 radical (unpaired) electrons. The first-order chi connectivity index (χ1) is 10.9. The lowest BCUT2D eigenvalue weighted by molar-refractivity contribution is -0.135. The number of carbonyl (C=O) groups excluding carboxylic acids is 2. The number of hydrogen-bond acceptors (Lipinski definition) is 3. The van der Waals surface area contributed by atoms with Crippen LogP contribution in [0.3, 0.4) is 0 Å². The summed E-state index contributed by atoms with van der Waals surface area (Å²) in [7, 11) is 3.51. The number of rotatable bonds is 3. The molecule has 0 aliphatic carbocycles. The third-order valence-electron chi connectivity index (χ3n) is 4.14. The first-order valence-corrected chi connectivity index (χ1v) is 8.18. The predicted molar refractivity (Wildman–Crippen MR) is 91.2 cm³/mol. The van der Waals surface area contributed by atoms with E-state index in [1.165, 1.54) is 0 Å². The molecule has 1 saturated heterocycles. The van der Waals surface area contributed by atoms with Crippen LogP contribution in [-0.4, -0.2) is 66.8 Å². The topological polar surface area (TPSA) is 43.9 Å². The number of benzene rings is 1. The van der Waals surface area contributed by atoms with Gasteiger partial charge in [-0.25, -0.2) is 0 Å². The van der Waals surface area contributed by atoms with Gasteiger partial charge in [0.2, 0.25) is 11.8 Å². The van der Waals surface area contributed by atoms with Gasteiger partial charge in [-0.15, -0.1) is 0 Å². The summed E-state index contributed by atoms with van der Waals surface area (Å²) < 4.78 is 0. The fourth-order valence-electron chi connectivity index (χ4n) is 2.92. The number of nitrogens with zero attached hydrogens (tertiary/aromatic N) is 3. The number of hydrogen-bond donors (Lipinski definition) is 0. The van der Waals surface area contributed by atoms with Crippen molar-refractivity contribution in [1.29, 1.82) is 0 Å². The van der Waals surface area contributed by atoms with Crippen LogP contribution in [0.5, 0.6) is 0 Å². The van der Waals surface area contributed by atoms with E-state index in [4.69, 9.17) is 11.6 Å². The second-order valence-corrected chi connectivity index (χ2v) is 6.70. The molecule has 0 bridgehead atoms. The van der Waals surface area contributed by atoms with Gasteiger partial charge in [0.25, 0.3) is 0 Å². The van der Waals surface area contributed by atoms with Crippen LogP contribution in [0.1, 0.15) is 12.5 Å². The second kappa shape index (κ2) is 7.79. The van der Waals surface area contributed by atoms with Gasteiger partial charge in [-0.1, -0.05) is 23.7 Å². The second-order valence-electron chi connectivity index (χ2n) is 6.26. The Morgan fingerprint density at radius 3 is 2.61 bits per heavy atom. The molecule has 2 rings (SSSR count). The predicted octanol–water partition coefficient (Wildman–Crippen LogP) is 1.71. The van der Waals surface area contributed by atoms with Crippen molar-refractivity contribution in [2.45, 2.75) is 13.5 Å². The minimum absolute atomic E-state index is 0.0196. The average molecular weight is 338 g/mol. The van der Waals surface area contributed by atoms with E-state index in [0.717, 1.165) is 18.7 Å². The van der Waals surface area contributed by atoms with Gasteiger partial charge in [0.1, 0.15) is 0 Å². The minimum atomic E-state index is -0.199. The van der Waals surface area contributed by atoms with E-state index in [9.17, 15) is 9.59 Å². The van der Waals surface area contributed by atoms with E-state index in [0.29, 0.717) is 24.7 Å². The zero-order valence-corrected chi connectivity index (χ0v) is 14.7. The molecule has 1 aliphatic rings. The van der Waals surface area contributed by atoms with Gasteiger partial charge in [0, 0.05) is 58.8 Å². The van der Waals surface area contributed by atoms with E-state index in [2.05, 4.69) is 4.90 Å². The molecule has 1 aromatic rings. The van der Waals surface area contributed by atoms with Crippen molar-refractivity contribution in [2.75, 3.05) is 40.3 Å². The van der Waals surface area contributed by atoms with Gasteiger partial charge >= 0.3 is 0 Å².